The maximum absolute atomic E-state index is 11.9. The molecule has 0 N–H and O–H groups in total. The third-order valence-electron chi connectivity index (χ3n) is 3.83. The summed E-state index contributed by atoms with van der Waals surface area (Å²) in [6.07, 6.45) is 18.1. The average molecular weight is 347 g/mol. The SMILES string of the molecule is CCCCCCCCCCCCC(C(=O)OC)=C(SC)SC. The van der Waals surface area contributed by atoms with E-state index in [1.54, 1.807) is 23.5 Å². The summed E-state index contributed by atoms with van der Waals surface area (Å²) in [5.41, 5.74) is 0.863. The minimum Gasteiger partial charge on any atom is -0.466 e. The Bertz CT molecular complexity index is 308. The lowest BCUT2D eigenvalue weighted by atomic mass is 10.0. The minimum atomic E-state index is -0.158. The van der Waals surface area contributed by atoms with Gasteiger partial charge in [0.25, 0.3) is 0 Å². The number of rotatable bonds is 14. The van der Waals surface area contributed by atoms with Crippen molar-refractivity contribution in [2.24, 2.45) is 0 Å². The molecule has 2 nitrogen and oxygen atoms in total. The lowest BCUT2D eigenvalue weighted by molar-refractivity contribution is -0.136. The minimum absolute atomic E-state index is 0.158. The molecular formula is C18H34O2S2. The van der Waals surface area contributed by atoms with Crippen LogP contribution in [0, 0.1) is 0 Å². The molecule has 0 aliphatic rings. The molecule has 130 valence electrons. The van der Waals surface area contributed by atoms with E-state index in [0.29, 0.717) is 0 Å². The highest BCUT2D eigenvalue weighted by Crippen LogP contribution is 2.30. The molecule has 0 amide bonds. The van der Waals surface area contributed by atoms with E-state index in [2.05, 4.69) is 6.92 Å². The summed E-state index contributed by atoms with van der Waals surface area (Å²) < 4.78 is 6.02. The Kier molecular flexibility index (Phi) is 15.7. The van der Waals surface area contributed by atoms with Gasteiger partial charge in [-0.3, -0.25) is 0 Å². The summed E-state index contributed by atoms with van der Waals surface area (Å²) in [4.78, 5) is 11.9. The number of methoxy groups -OCH3 is 1. The molecule has 0 spiro atoms. The summed E-state index contributed by atoms with van der Waals surface area (Å²) in [7, 11) is 1.47. The largest absolute Gasteiger partial charge is 0.466 e. The van der Waals surface area contributed by atoms with Gasteiger partial charge in [0.2, 0.25) is 0 Å². The van der Waals surface area contributed by atoms with Crippen molar-refractivity contribution in [1.29, 1.82) is 0 Å². The molecule has 0 unspecified atom stereocenters. The molecule has 0 rings (SSSR count). The molecule has 0 saturated carbocycles. The van der Waals surface area contributed by atoms with Crippen molar-refractivity contribution in [3.8, 4) is 0 Å². The van der Waals surface area contributed by atoms with Crippen LogP contribution in [-0.2, 0) is 9.53 Å². The molecule has 0 radical (unpaired) electrons. The second kappa shape index (κ2) is 15.8. The van der Waals surface area contributed by atoms with Gasteiger partial charge in [0, 0.05) is 0 Å². The maximum atomic E-state index is 11.9. The van der Waals surface area contributed by atoms with Crippen molar-refractivity contribution in [3.05, 3.63) is 9.81 Å². The Morgan fingerprint density at radius 3 is 1.68 bits per heavy atom. The Hall–Kier alpha value is -0.0900. The van der Waals surface area contributed by atoms with Gasteiger partial charge in [0.1, 0.15) is 0 Å². The van der Waals surface area contributed by atoms with Crippen LogP contribution in [-0.4, -0.2) is 25.6 Å². The predicted molar refractivity (Wildman–Crippen MR) is 103 cm³/mol. The lowest BCUT2D eigenvalue weighted by Gasteiger charge is -2.10. The van der Waals surface area contributed by atoms with Gasteiger partial charge < -0.3 is 4.74 Å². The van der Waals surface area contributed by atoms with E-state index in [9.17, 15) is 4.79 Å². The van der Waals surface area contributed by atoms with Gasteiger partial charge in [0.05, 0.1) is 16.9 Å². The molecule has 0 fully saturated rings. The number of carbonyl (C=O) groups excluding carboxylic acids is 1. The summed E-state index contributed by atoms with van der Waals surface area (Å²) in [6, 6.07) is 0. The van der Waals surface area contributed by atoms with Gasteiger partial charge in [-0.05, 0) is 25.4 Å². The van der Waals surface area contributed by atoms with E-state index in [-0.39, 0.29) is 5.97 Å². The first-order valence-corrected chi connectivity index (χ1v) is 11.1. The zero-order valence-corrected chi connectivity index (χ0v) is 16.5. The Morgan fingerprint density at radius 2 is 1.27 bits per heavy atom. The van der Waals surface area contributed by atoms with E-state index >= 15 is 0 Å². The molecule has 0 aromatic heterocycles. The van der Waals surface area contributed by atoms with Crippen LogP contribution in [0.4, 0.5) is 0 Å². The maximum Gasteiger partial charge on any atom is 0.335 e. The van der Waals surface area contributed by atoms with Crippen molar-refractivity contribution in [1.82, 2.24) is 0 Å². The van der Waals surface area contributed by atoms with Crippen molar-refractivity contribution in [3.63, 3.8) is 0 Å². The standard InChI is InChI=1S/C18H34O2S2/c1-5-6-7-8-9-10-11-12-13-14-15-16(17(19)20-2)18(21-3)22-4/h5-15H2,1-4H3. The van der Waals surface area contributed by atoms with Crippen molar-refractivity contribution >= 4 is 29.5 Å². The molecule has 0 aromatic rings. The molecule has 4 heteroatoms. The molecule has 0 bridgehead atoms. The second-order valence-corrected chi connectivity index (χ2v) is 7.49. The first-order chi connectivity index (χ1) is 10.7. The molecule has 0 atom stereocenters. The highest BCUT2D eigenvalue weighted by atomic mass is 32.2. The van der Waals surface area contributed by atoms with Gasteiger partial charge in [-0.2, -0.15) is 0 Å². The third-order valence-corrected chi connectivity index (χ3v) is 6.06. The smallest absolute Gasteiger partial charge is 0.335 e. The van der Waals surface area contributed by atoms with Gasteiger partial charge in [-0.25, -0.2) is 4.79 Å². The molecule has 0 aliphatic carbocycles. The first-order valence-electron chi connectivity index (χ1n) is 8.60. The summed E-state index contributed by atoms with van der Waals surface area (Å²) >= 11 is 3.29. The van der Waals surface area contributed by atoms with E-state index in [1.807, 2.05) is 12.5 Å². The zero-order chi connectivity index (χ0) is 16.6. The van der Waals surface area contributed by atoms with Crippen LogP contribution < -0.4 is 0 Å². The Labute approximate surface area is 146 Å². The van der Waals surface area contributed by atoms with Crippen molar-refractivity contribution in [2.45, 2.75) is 77.6 Å². The lowest BCUT2D eigenvalue weighted by Crippen LogP contribution is -2.06. The average Bonchev–Trinajstić information content (AvgIpc) is 2.55. The number of hydrogen-bond acceptors (Lipinski definition) is 4. The highest BCUT2D eigenvalue weighted by Gasteiger charge is 2.14. The molecule has 0 heterocycles. The topological polar surface area (TPSA) is 26.3 Å². The number of ether oxygens (including phenoxy) is 1. The quantitative estimate of drug-likeness (QED) is 0.206. The van der Waals surface area contributed by atoms with Crippen LogP contribution >= 0.6 is 23.5 Å². The van der Waals surface area contributed by atoms with E-state index in [4.69, 9.17) is 4.74 Å². The third kappa shape index (κ3) is 10.6. The van der Waals surface area contributed by atoms with Gasteiger partial charge in [0.15, 0.2) is 0 Å². The summed E-state index contributed by atoms with van der Waals surface area (Å²) in [5.74, 6) is -0.158. The fourth-order valence-corrected chi connectivity index (χ4v) is 4.06. The number of unbranched alkanes of at least 4 members (excludes halogenated alkanes) is 9. The van der Waals surface area contributed by atoms with Crippen molar-refractivity contribution < 1.29 is 9.53 Å². The number of thioether (sulfide) groups is 2. The Morgan fingerprint density at radius 1 is 0.818 bits per heavy atom. The van der Waals surface area contributed by atoms with Crippen LogP contribution in [0.25, 0.3) is 0 Å². The van der Waals surface area contributed by atoms with Crippen LogP contribution in [0.3, 0.4) is 0 Å². The fraction of sp³-hybridized carbons (Fsp3) is 0.833. The fourth-order valence-electron chi connectivity index (χ4n) is 2.53. The van der Waals surface area contributed by atoms with E-state index in [0.717, 1.165) is 22.7 Å². The van der Waals surface area contributed by atoms with Crippen LogP contribution in [0.2, 0.25) is 0 Å². The zero-order valence-electron chi connectivity index (χ0n) is 14.9. The number of esters is 1. The number of carbonyl (C=O) groups is 1. The highest BCUT2D eigenvalue weighted by molar-refractivity contribution is 8.21. The molecule has 0 aromatic carbocycles. The van der Waals surface area contributed by atoms with E-state index < -0.39 is 0 Å². The number of hydrogen-bond donors (Lipinski definition) is 0. The monoisotopic (exact) mass is 346 g/mol. The second-order valence-electron chi connectivity index (χ2n) is 5.60. The van der Waals surface area contributed by atoms with Crippen LogP contribution in [0.15, 0.2) is 9.81 Å². The van der Waals surface area contributed by atoms with Gasteiger partial charge >= 0.3 is 5.97 Å². The summed E-state index contributed by atoms with van der Waals surface area (Å²) in [6.45, 7) is 2.26. The molecule has 22 heavy (non-hydrogen) atoms. The van der Waals surface area contributed by atoms with Crippen LogP contribution in [0.5, 0.6) is 0 Å². The van der Waals surface area contributed by atoms with Crippen molar-refractivity contribution in [2.75, 3.05) is 19.6 Å². The normalized spacial score (nSPS) is 10.5. The molecular weight excluding hydrogens is 312 g/mol. The van der Waals surface area contributed by atoms with Crippen LogP contribution in [0.1, 0.15) is 77.6 Å². The predicted octanol–water partition coefficient (Wildman–Crippen LogP) is 6.41. The molecule has 0 saturated heterocycles. The van der Waals surface area contributed by atoms with Gasteiger partial charge in [-0.1, -0.05) is 64.7 Å². The first kappa shape index (κ1) is 21.9. The van der Waals surface area contributed by atoms with E-state index in [1.165, 1.54) is 64.9 Å². The van der Waals surface area contributed by atoms with Gasteiger partial charge in [-0.15, -0.1) is 23.5 Å². The Balaban J connectivity index is 3.82. The summed E-state index contributed by atoms with van der Waals surface area (Å²) in [5, 5.41) is 0. The molecule has 0 aliphatic heterocycles.